The Morgan fingerprint density at radius 1 is 1.33 bits per heavy atom. The van der Waals surface area contributed by atoms with E-state index in [1.807, 2.05) is 0 Å². The van der Waals surface area contributed by atoms with Gasteiger partial charge in [-0.15, -0.1) is 0 Å². The van der Waals surface area contributed by atoms with Gasteiger partial charge in [0.25, 0.3) is 0 Å². The molecule has 1 N–H and O–H groups in total. The smallest absolute Gasteiger partial charge is 0.303 e. The lowest BCUT2D eigenvalue weighted by Gasteiger charge is -1.95. The van der Waals surface area contributed by atoms with Crippen molar-refractivity contribution in [2.45, 2.75) is 12.8 Å². The fourth-order valence-corrected chi connectivity index (χ4v) is 1.04. The molecule has 4 heteroatoms. The van der Waals surface area contributed by atoms with E-state index >= 15 is 0 Å². The SMILES string of the molecule is O=C(O)CCC=Cc1ccc(F)c(F)c1. The maximum Gasteiger partial charge on any atom is 0.303 e. The summed E-state index contributed by atoms with van der Waals surface area (Å²) in [5.41, 5.74) is 0.513. The molecule has 0 radical (unpaired) electrons. The molecule has 0 aliphatic carbocycles. The molecule has 0 saturated heterocycles. The first-order valence-electron chi connectivity index (χ1n) is 4.43. The van der Waals surface area contributed by atoms with Crippen LogP contribution in [-0.4, -0.2) is 11.1 Å². The van der Waals surface area contributed by atoms with Gasteiger partial charge in [0.05, 0.1) is 0 Å². The summed E-state index contributed by atoms with van der Waals surface area (Å²) in [4.78, 5) is 10.2. The van der Waals surface area contributed by atoms with Gasteiger partial charge in [0, 0.05) is 6.42 Å². The highest BCUT2D eigenvalue weighted by atomic mass is 19.2. The van der Waals surface area contributed by atoms with E-state index in [2.05, 4.69) is 0 Å². The summed E-state index contributed by atoms with van der Waals surface area (Å²) in [6.45, 7) is 0. The summed E-state index contributed by atoms with van der Waals surface area (Å²) in [5.74, 6) is -2.68. The molecule has 1 aromatic carbocycles. The quantitative estimate of drug-likeness (QED) is 0.833. The Kier molecular flexibility index (Phi) is 3.97. The summed E-state index contributed by atoms with van der Waals surface area (Å²) in [6.07, 6.45) is 3.57. The zero-order chi connectivity index (χ0) is 11.3. The van der Waals surface area contributed by atoms with Crippen LogP contribution in [0.1, 0.15) is 18.4 Å². The lowest BCUT2D eigenvalue weighted by atomic mass is 10.2. The molecule has 0 saturated carbocycles. The molecular weight excluding hydrogens is 202 g/mol. The minimum absolute atomic E-state index is 0.0280. The number of rotatable bonds is 4. The summed E-state index contributed by atoms with van der Waals surface area (Å²) in [6, 6.07) is 3.52. The van der Waals surface area contributed by atoms with E-state index in [0.29, 0.717) is 12.0 Å². The second-order valence-electron chi connectivity index (χ2n) is 3.01. The number of benzene rings is 1. The van der Waals surface area contributed by atoms with Crippen LogP contribution >= 0.6 is 0 Å². The molecule has 80 valence electrons. The van der Waals surface area contributed by atoms with Crippen LogP contribution in [-0.2, 0) is 4.79 Å². The van der Waals surface area contributed by atoms with Crippen LogP contribution in [0.2, 0.25) is 0 Å². The van der Waals surface area contributed by atoms with Gasteiger partial charge in [-0.2, -0.15) is 0 Å². The number of carboxylic acid groups (broad SMARTS) is 1. The molecular formula is C11H10F2O2. The van der Waals surface area contributed by atoms with Gasteiger partial charge in [-0.25, -0.2) is 8.78 Å². The van der Waals surface area contributed by atoms with Gasteiger partial charge in [0.2, 0.25) is 0 Å². The van der Waals surface area contributed by atoms with Crippen molar-refractivity contribution in [2.24, 2.45) is 0 Å². The molecule has 0 aliphatic rings. The standard InChI is InChI=1S/C11H10F2O2/c12-9-6-5-8(7-10(9)13)3-1-2-4-11(14)15/h1,3,5-7H,2,4H2,(H,14,15). The van der Waals surface area contributed by atoms with Crippen LogP contribution in [0.4, 0.5) is 8.78 Å². The Hall–Kier alpha value is -1.71. The van der Waals surface area contributed by atoms with Crippen molar-refractivity contribution in [2.75, 3.05) is 0 Å². The van der Waals surface area contributed by atoms with E-state index in [4.69, 9.17) is 5.11 Å². The summed E-state index contributed by atoms with van der Waals surface area (Å²) in [5, 5.41) is 8.35. The van der Waals surface area contributed by atoms with E-state index in [-0.39, 0.29) is 6.42 Å². The van der Waals surface area contributed by atoms with E-state index in [1.165, 1.54) is 6.07 Å². The highest BCUT2D eigenvalue weighted by molar-refractivity contribution is 5.67. The first-order valence-corrected chi connectivity index (χ1v) is 4.43. The number of aliphatic carboxylic acids is 1. The molecule has 0 amide bonds. The van der Waals surface area contributed by atoms with E-state index in [1.54, 1.807) is 12.2 Å². The largest absolute Gasteiger partial charge is 0.481 e. The number of carbonyl (C=O) groups is 1. The fraction of sp³-hybridized carbons (Fsp3) is 0.182. The molecule has 1 rings (SSSR count). The fourth-order valence-electron chi connectivity index (χ4n) is 1.04. The zero-order valence-corrected chi connectivity index (χ0v) is 7.91. The molecule has 0 aliphatic heterocycles. The maximum atomic E-state index is 12.7. The van der Waals surface area contributed by atoms with Gasteiger partial charge in [-0.05, 0) is 24.1 Å². The molecule has 0 aromatic heterocycles. The van der Waals surface area contributed by atoms with Crippen LogP contribution < -0.4 is 0 Å². The van der Waals surface area contributed by atoms with Crippen molar-refractivity contribution in [1.29, 1.82) is 0 Å². The maximum absolute atomic E-state index is 12.7. The second-order valence-corrected chi connectivity index (χ2v) is 3.01. The first kappa shape index (κ1) is 11.4. The van der Waals surface area contributed by atoms with E-state index in [0.717, 1.165) is 12.1 Å². The van der Waals surface area contributed by atoms with Crippen LogP contribution in [0.25, 0.3) is 6.08 Å². The van der Waals surface area contributed by atoms with Crippen molar-refractivity contribution < 1.29 is 18.7 Å². The van der Waals surface area contributed by atoms with Gasteiger partial charge in [-0.3, -0.25) is 4.79 Å². The van der Waals surface area contributed by atoms with Crippen molar-refractivity contribution in [3.8, 4) is 0 Å². The van der Waals surface area contributed by atoms with Crippen molar-refractivity contribution in [3.63, 3.8) is 0 Å². The first-order chi connectivity index (χ1) is 7.09. The number of halogens is 2. The molecule has 2 nitrogen and oxygen atoms in total. The normalized spacial score (nSPS) is 10.8. The van der Waals surface area contributed by atoms with Gasteiger partial charge in [-0.1, -0.05) is 18.2 Å². The minimum Gasteiger partial charge on any atom is -0.481 e. The second kappa shape index (κ2) is 5.24. The lowest BCUT2D eigenvalue weighted by Crippen LogP contribution is -1.91. The van der Waals surface area contributed by atoms with E-state index < -0.39 is 17.6 Å². The average molecular weight is 212 g/mol. The Balaban J connectivity index is 2.57. The van der Waals surface area contributed by atoms with E-state index in [9.17, 15) is 13.6 Å². The molecule has 0 heterocycles. The molecule has 0 spiro atoms. The Bertz CT molecular complexity index is 386. The average Bonchev–Trinajstić information content (AvgIpc) is 2.18. The van der Waals surface area contributed by atoms with Crippen LogP contribution in [0, 0.1) is 11.6 Å². The topological polar surface area (TPSA) is 37.3 Å². The van der Waals surface area contributed by atoms with Crippen molar-refractivity contribution in [3.05, 3.63) is 41.5 Å². The number of allylic oxidation sites excluding steroid dienone is 1. The third-order valence-electron chi connectivity index (χ3n) is 1.78. The molecule has 15 heavy (non-hydrogen) atoms. The van der Waals surface area contributed by atoms with Crippen LogP contribution in [0.5, 0.6) is 0 Å². The molecule has 0 bridgehead atoms. The predicted molar refractivity (Wildman–Crippen MR) is 52.3 cm³/mol. The predicted octanol–water partition coefficient (Wildman–Crippen LogP) is 2.84. The number of carboxylic acids is 1. The van der Waals surface area contributed by atoms with Gasteiger partial charge in [0.1, 0.15) is 0 Å². The van der Waals surface area contributed by atoms with Crippen molar-refractivity contribution >= 4 is 12.0 Å². The molecule has 0 atom stereocenters. The molecule has 0 unspecified atom stereocenters. The third-order valence-corrected chi connectivity index (χ3v) is 1.78. The highest BCUT2D eigenvalue weighted by Crippen LogP contribution is 2.10. The Morgan fingerprint density at radius 3 is 2.67 bits per heavy atom. The highest BCUT2D eigenvalue weighted by Gasteiger charge is 1.99. The van der Waals surface area contributed by atoms with Crippen molar-refractivity contribution in [1.82, 2.24) is 0 Å². The zero-order valence-electron chi connectivity index (χ0n) is 7.91. The van der Waals surface area contributed by atoms with Gasteiger partial charge >= 0.3 is 5.97 Å². The monoisotopic (exact) mass is 212 g/mol. The van der Waals surface area contributed by atoms with Crippen LogP contribution in [0.15, 0.2) is 24.3 Å². The number of hydrogen-bond acceptors (Lipinski definition) is 1. The number of hydrogen-bond donors (Lipinski definition) is 1. The summed E-state index contributed by atoms with van der Waals surface area (Å²) in [7, 11) is 0. The third kappa shape index (κ3) is 3.89. The Labute approximate surface area is 85.9 Å². The Morgan fingerprint density at radius 2 is 2.07 bits per heavy atom. The lowest BCUT2D eigenvalue weighted by molar-refractivity contribution is -0.136. The van der Waals surface area contributed by atoms with Crippen LogP contribution in [0.3, 0.4) is 0 Å². The minimum atomic E-state index is -0.907. The summed E-state index contributed by atoms with van der Waals surface area (Å²) >= 11 is 0. The van der Waals surface area contributed by atoms with Gasteiger partial charge < -0.3 is 5.11 Å². The summed E-state index contributed by atoms with van der Waals surface area (Å²) < 4.78 is 25.2. The van der Waals surface area contributed by atoms with Gasteiger partial charge in [0.15, 0.2) is 11.6 Å². The molecule has 0 fully saturated rings. The molecule has 1 aromatic rings.